The number of amides is 1. The molecular weight excluding hydrogens is 394 g/mol. The van der Waals surface area contributed by atoms with Crippen molar-refractivity contribution in [1.82, 2.24) is 10.3 Å². The molecule has 3 aromatic carbocycles. The minimum Gasteiger partial charge on any atom is -0.436 e. The zero-order valence-electron chi connectivity index (χ0n) is 16.9. The van der Waals surface area contributed by atoms with Crippen LogP contribution < -0.4 is 10.6 Å². The molecule has 0 saturated carbocycles. The van der Waals surface area contributed by atoms with Crippen molar-refractivity contribution in [2.75, 3.05) is 5.32 Å². The Morgan fingerprint density at radius 1 is 1.00 bits per heavy atom. The molecule has 4 rings (SSSR count). The van der Waals surface area contributed by atoms with Gasteiger partial charge >= 0.3 is 0 Å². The summed E-state index contributed by atoms with van der Waals surface area (Å²) in [6.07, 6.45) is 0. The van der Waals surface area contributed by atoms with E-state index in [1.807, 2.05) is 49.4 Å². The predicted molar refractivity (Wildman–Crippen MR) is 124 cm³/mol. The first-order chi connectivity index (χ1) is 14.4. The largest absolute Gasteiger partial charge is 0.436 e. The van der Waals surface area contributed by atoms with Gasteiger partial charge < -0.3 is 9.73 Å². The van der Waals surface area contributed by atoms with E-state index in [2.05, 4.69) is 35.5 Å². The number of hydrogen-bond acceptors (Lipinski definition) is 4. The average Bonchev–Trinajstić information content (AvgIpc) is 3.13. The number of anilines is 1. The fourth-order valence-electron chi connectivity index (χ4n) is 3.15. The number of oxazole rings is 1. The van der Waals surface area contributed by atoms with E-state index in [1.165, 1.54) is 5.56 Å². The van der Waals surface area contributed by atoms with Gasteiger partial charge in [-0.1, -0.05) is 29.8 Å². The lowest BCUT2D eigenvalue weighted by Crippen LogP contribution is -2.34. The minimum absolute atomic E-state index is 0.221. The second-order valence-electron chi connectivity index (χ2n) is 7.22. The van der Waals surface area contributed by atoms with Gasteiger partial charge in [0.05, 0.1) is 0 Å². The van der Waals surface area contributed by atoms with Crippen molar-refractivity contribution in [1.29, 1.82) is 0 Å². The molecule has 0 unspecified atom stereocenters. The molecule has 1 aromatic heterocycles. The highest BCUT2D eigenvalue weighted by Crippen LogP contribution is 2.29. The second kappa shape index (κ2) is 8.08. The summed E-state index contributed by atoms with van der Waals surface area (Å²) in [5, 5.41) is 5.95. The van der Waals surface area contributed by atoms with Gasteiger partial charge in [0.2, 0.25) is 5.89 Å². The molecule has 1 amide bonds. The van der Waals surface area contributed by atoms with Gasteiger partial charge in [0, 0.05) is 16.8 Å². The number of aryl methyl sites for hydroxylation is 2. The fourth-order valence-corrected chi connectivity index (χ4v) is 3.36. The molecule has 4 aromatic rings. The summed E-state index contributed by atoms with van der Waals surface area (Å²) in [4.78, 5) is 17.0. The maximum absolute atomic E-state index is 12.3. The Labute approximate surface area is 180 Å². The lowest BCUT2D eigenvalue weighted by molar-refractivity contribution is 0.0977. The van der Waals surface area contributed by atoms with Crippen LogP contribution in [-0.4, -0.2) is 16.0 Å². The van der Waals surface area contributed by atoms with E-state index in [0.29, 0.717) is 22.6 Å². The summed E-state index contributed by atoms with van der Waals surface area (Å²) in [6, 6.07) is 18.9. The first kappa shape index (κ1) is 19.8. The maximum atomic E-state index is 12.3. The number of carbonyl (C=O) groups excluding carboxylic acids is 1. The fraction of sp³-hybridized carbons (Fsp3) is 0.125. The first-order valence-electron chi connectivity index (χ1n) is 9.57. The van der Waals surface area contributed by atoms with Gasteiger partial charge in [-0.15, -0.1) is 0 Å². The third kappa shape index (κ3) is 4.09. The van der Waals surface area contributed by atoms with Crippen LogP contribution in [0, 0.1) is 20.8 Å². The van der Waals surface area contributed by atoms with Gasteiger partial charge in [-0.3, -0.25) is 10.1 Å². The number of fused-ring (bicyclic) bond motifs is 1. The van der Waals surface area contributed by atoms with Crippen molar-refractivity contribution in [3.05, 3.63) is 82.9 Å². The Balaban J connectivity index is 1.51. The zero-order valence-corrected chi connectivity index (χ0v) is 17.8. The maximum Gasteiger partial charge on any atom is 0.257 e. The molecule has 0 atom stereocenters. The highest BCUT2D eigenvalue weighted by Gasteiger charge is 2.13. The van der Waals surface area contributed by atoms with Gasteiger partial charge in [0.15, 0.2) is 10.7 Å². The van der Waals surface area contributed by atoms with E-state index >= 15 is 0 Å². The van der Waals surface area contributed by atoms with E-state index in [1.54, 1.807) is 12.1 Å². The number of aromatic nitrogens is 1. The van der Waals surface area contributed by atoms with Crippen LogP contribution in [-0.2, 0) is 0 Å². The third-order valence-electron chi connectivity index (χ3n) is 5.02. The molecule has 0 spiro atoms. The summed E-state index contributed by atoms with van der Waals surface area (Å²) >= 11 is 5.29. The van der Waals surface area contributed by atoms with Crippen LogP contribution in [0.25, 0.3) is 22.6 Å². The lowest BCUT2D eigenvalue weighted by Gasteiger charge is -2.09. The van der Waals surface area contributed by atoms with E-state index < -0.39 is 0 Å². The Kier molecular flexibility index (Phi) is 5.33. The smallest absolute Gasteiger partial charge is 0.257 e. The van der Waals surface area contributed by atoms with E-state index in [9.17, 15) is 4.79 Å². The normalized spacial score (nSPS) is 10.8. The first-order valence-corrected chi connectivity index (χ1v) is 9.98. The topological polar surface area (TPSA) is 67.2 Å². The lowest BCUT2D eigenvalue weighted by atomic mass is 10.0. The molecule has 5 nitrogen and oxygen atoms in total. The molecule has 0 radical (unpaired) electrons. The predicted octanol–water partition coefficient (Wildman–Crippen LogP) is 5.55. The average molecular weight is 416 g/mol. The van der Waals surface area contributed by atoms with Gasteiger partial charge in [-0.25, -0.2) is 4.98 Å². The summed E-state index contributed by atoms with van der Waals surface area (Å²) in [5.74, 6) is 0.325. The van der Waals surface area contributed by atoms with Crippen molar-refractivity contribution in [2.24, 2.45) is 0 Å². The molecule has 150 valence electrons. The van der Waals surface area contributed by atoms with Crippen LogP contribution in [0.4, 0.5) is 5.69 Å². The van der Waals surface area contributed by atoms with Crippen molar-refractivity contribution in [3.8, 4) is 11.5 Å². The molecule has 30 heavy (non-hydrogen) atoms. The molecule has 2 N–H and O–H groups in total. The molecule has 0 saturated heterocycles. The Hall–Kier alpha value is -3.51. The Bertz CT molecular complexity index is 1260. The third-order valence-corrected chi connectivity index (χ3v) is 5.23. The monoisotopic (exact) mass is 415 g/mol. The highest BCUT2D eigenvalue weighted by atomic mass is 32.1. The van der Waals surface area contributed by atoms with Crippen molar-refractivity contribution < 1.29 is 9.21 Å². The number of benzene rings is 3. The number of thiocarbonyl (C=S) groups is 1. The molecule has 0 aliphatic rings. The van der Waals surface area contributed by atoms with Crippen LogP contribution in [0.3, 0.4) is 0 Å². The number of hydrogen-bond donors (Lipinski definition) is 2. The van der Waals surface area contributed by atoms with Gasteiger partial charge in [-0.2, -0.15) is 0 Å². The minimum atomic E-state index is -0.257. The van der Waals surface area contributed by atoms with Gasteiger partial charge in [0.25, 0.3) is 5.91 Å². The number of rotatable bonds is 3. The number of nitrogens with zero attached hydrogens (tertiary/aromatic N) is 1. The summed E-state index contributed by atoms with van der Waals surface area (Å²) in [6.45, 7) is 6.09. The van der Waals surface area contributed by atoms with Gasteiger partial charge in [0.1, 0.15) is 5.52 Å². The zero-order chi connectivity index (χ0) is 21.3. The van der Waals surface area contributed by atoms with Crippen molar-refractivity contribution >= 4 is 40.0 Å². The number of nitrogens with one attached hydrogen (secondary N) is 2. The molecule has 0 aliphatic heterocycles. The molecule has 6 heteroatoms. The van der Waals surface area contributed by atoms with Crippen LogP contribution in [0.2, 0.25) is 0 Å². The molecule has 0 fully saturated rings. The van der Waals surface area contributed by atoms with Crippen molar-refractivity contribution in [3.63, 3.8) is 0 Å². The quantitative estimate of drug-likeness (QED) is 0.430. The summed E-state index contributed by atoms with van der Waals surface area (Å²) in [5.41, 5.74) is 7.06. The summed E-state index contributed by atoms with van der Waals surface area (Å²) < 4.78 is 5.94. The van der Waals surface area contributed by atoms with E-state index in [0.717, 1.165) is 22.4 Å². The Morgan fingerprint density at radius 2 is 1.77 bits per heavy atom. The van der Waals surface area contributed by atoms with E-state index in [4.69, 9.17) is 16.6 Å². The van der Waals surface area contributed by atoms with Crippen LogP contribution >= 0.6 is 12.2 Å². The van der Waals surface area contributed by atoms with Crippen LogP contribution in [0.15, 0.2) is 65.1 Å². The second-order valence-corrected chi connectivity index (χ2v) is 7.63. The number of carbonyl (C=O) groups is 1. The van der Waals surface area contributed by atoms with Crippen molar-refractivity contribution in [2.45, 2.75) is 20.8 Å². The highest BCUT2D eigenvalue weighted by molar-refractivity contribution is 7.80. The van der Waals surface area contributed by atoms with Crippen LogP contribution in [0.5, 0.6) is 0 Å². The molecule has 0 bridgehead atoms. The van der Waals surface area contributed by atoms with Crippen LogP contribution in [0.1, 0.15) is 27.0 Å². The summed E-state index contributed by atoms with van der Waals surface area (Å²) in [7, 11) is 0. The molecule has 1 heterocycles. The Morgan fingerprint density at radius 3 is 2.53 bits per heavy atom. The van der Waals surface area contributed by atoms with Gasteiger partial charge in [-0.05, 0) is 80.5 Å². The molecular formula is C24H21N3O2S. The standard InChI is InChI=1S/C24H21N3O2S/c1-14-7-9-17(10-8-14)22(28)27-24(30)25-18-11-12-21-20(13-18)26-23(29-21)19-6-4-5-15(2)16(19)3/h4-13H,1-3H3,(H2,25,27,28,30). The molecule has 0 aliphatic carbocycles. The van der Waals surface area contributed by atoms with E-state index in [-0.39, 0.29) is 11.0 Å². The SMILES string of the molecule is Cc1ccc(C(=O)NC(=S)Nc2ccc3oc(-c4cccc(C)c4C)nc3c2)cc1.